The average Bonchev–Trinajstić information content (AvgIpc) is 2.42. The maximum atomic E-state index is 12.7. The highest BCUT2D eigenvalue weighted by atomic mass is 35.5. The van der Waals surface area contributed by atoms with E-state index >= 15 is 0 Å². The summed E-state index contributed by atoms with van der Waals surface area (Å²) in [5.74, 6) is 0.156. The van der Waals surface area contributed by atoms with E-state index in [4.69, 9.17) is 5.73 Å². The molecule has 1 aliphatic heterocycles. The summed E-state index contributed by atoms with van der Waals surface area (Å²) in [6.45, 7) is 5.05. The molecule has 4 heteroatoms. The van der Waals surface area contributed by atoms with Crippen molar-refractivity contribution in [2.45, 2.75) is 52.0 Å². The molecule has 0 saturated carbocycles. The molecule has 3 nitrogen and oxygen atoms in total. The molecule has 0 radical (unpaired) electrons. The first-order valence-corrected chi connectivity index (χ1v) is 7.30. The Hall–Kier alpha value is -1.22. The van der Waals surface area contributed by atoms with Crippen LogP contribution < -0.4 is 5.73 Å². The minimum atomic E-state index is 0. The fourth-order valence-electron chi connectivity index (χ4n) is 2.93. The molecule has 1 saturated heterocycles. The summed E-state index contributed by atoms with van der Waals surface area (Å²) >= 11 is 0. The van der Waals surface area contributed by atoms with Gasteiger partial charge in [-0.05, 0) is 50.3 Å². The number of nitrogens with two attached hydrogens (primary N) is 1. The van der Waals surface area contributed by atoms with Crippen LogP contribution in [0.5, 0.6) is 0 Å². The molecule has 1 heterocycles. The van der Waals surface area contributed by atoms with E-state index in [1.807, 2.05) is 25.1 Å². The van der Waals surface area contributed by atoms with Crippen LogP contribution in [-0.4, -0.2) is 23.4 Å². The lowest BCUT2D eigenvalue weighted by atomic mass is 9.96. The van der Waals surface area contributed by atoms with Crippen LogP contribution in [0.25, 0.3) is 0 Å². The van der Waals surface area contributed by atoms with Gasteiger partial charge < -0.3 is 10.6 Å². The lowest BCUT2D eigenvalue weighted by molar-refractivity contribution is 0.0600. The van der Waals surface area contributed by atoms with E-state index in [9.17, 15) is 4.79 Å². The van der Waals surface area contributed by atoms with Crippen molar-refractivity contribution in [3.8, 4) is 0 Å². The molecule has 2 rings (SSSR count). The van der Waals surface area contributed by atoms with Gasteiger partial charge in [0.2, 0.25) is 0 Å². The van der Waals surface area contributed by atoms with Gasteiger partial charge in [0.1, 0.15) is 0 Å². The number of likely N-dealkylation sites (tertiary alicyclic amines) is 1. The number of rotatable bonds is 3. The summed E-state index contributed by atoms with van der Waals surface area (Å²) in [5, 5.41) is 0. The van der Waals surface area contributed by atoms with Crippen LogP contribution in [0.1, 0.15) is 54.9 Å². The van der Waals surface area contributed by atoms with E-state index in [1.54, 1.807) is 0 Å². The minimum Gasteiger partial charge on any atom is -0.399 e. The largest absolute Gasteiger partial charge is 0.399 e. The average molecular weight is 297 g/mol. The smallest absolute Gasteiger partial charge is 0.254 e. The highest BCUT2D eigenvalue weighted by molar-refractivity contribution is 5.96. The van der Waals surface area contributed by atoms with Crippen molar-refractivity contribution in [2.75, 3.05) is 12.3 Å². The van der Waals surface area contributed by atoms with Crippen LogP contribution in [0.2, 0.25) is 0 Å². The summed E-state index contributed by atoms with van der Waals surface area (Å²) in [7, 11) is 0. The Kier molecular flexibility index (Phi) is 6.34. The second-order valence-corrected chi connectivity index (χ2v) is 5.51. The maximum Gasteiger partial charge on any atom is 0.254 e. The fraction of sp³-hybridized carbons (Fsp3) is 0.562. The molecule has 0 bridgehead atoms. The van der Waals surface area contributed by atoms with E-state index in [0.29, 0.717) is 11.7 Å². The molecule has 112 valence electrons. The molecule has 0 aromatic heterocycles. The Morgan fingerprint density at radius 3 is 2.85 bits per heavy atom. The van der Waals surface area contributed by atoms with E-state index in [-0.39, 0.29) is 18.3 Å². The van der Waals surface area contributed by atoms with Crippen molar-refractivity contribution in [3.63, 3.8) is 0 Å². The third-order valence-corrected chi connectivity index (χ3v) is 4.00. The first-order chi connectivity index (χ1) is 9.13. The number of piperidine rings is 1. The van der Waals surface area contributed by atoms with E-state index < -0.39 is 0 Å². The van der Waals surface area contributed by atoms with Crippen molar-refractivity contribution >= 4 is 24.0 Å². The molecule has 1 unspecified atom stereocenters. The van der Waals surface area contributed by atoms with Gasteiger partial charge in [-0.15, -0.1) is 12.4 Å². The maximum absolute atomic E-state index is 12.7. The van der Waals surface area contributed by atoms with Gasteiger partial charge in [-0.3, -0.25) is 4.79 Å². The molecule has 1 aromatic carbocycles. The highest BCUT2D eigenvalue weighted by Gasteiger charge is 2.27. The summed E-state index contributed by atoms with van der Waals surface area (Å²) in [6.07, 6.45) is 5.73. The van der Waals surface area contributed by atoms with Crippen LogP contribution in [0, 0.1) is 6.92 Å². The van der Waals surface area contributed by atoms with Crippen LogP contribution >= 0.6 is 12.4 Å². The number of amides is 1. The molecule has 1 fully saturated rings. The topological polar surface area (TPSA) is 46.3 Å². The van der Waals surface area contributed by atoms with Gasteiger partial charge in [0.15, 0.2) is 0 Å². The number of carbonyl (C=O) groups is 1. The molecule has 0 aliphatic carbocycles. The summed E-state index contributed by atoms with van der Waals surface area (Å²) in [6, 6.07) is 6.01. The van der Waals surface area contributed by atoms with Crippen LogP contribution in [0.4, 0.5) is 5.69 Å². The SMILES string of the molecule is CCCC1CCCCN1C(=O)c1cc(N)ccc1C.Cl. The van der Waals surface area contributed by atoms with Gasteiger partial charge in [0, 0.05) is 23.8 Å². The zero-order chi connectivity index (χ0) is 13.8. The van der Waals surface area contributed by atoms with Gasteiger partial charge in [0.25, 0.3) is 5.91 Å². The minimum absolute atomic E-state index is 0. The first-order valence-electron chi connectivity index (χ1n) is 7.30. The number of nitrogens with zero attached hydrogens (tertiary/aromatic N) is 1. The van der Waals surface area contributed by atoms with Gasteiger partial charge in [-0.2, -0.15) is 0 Å². The third-order valence-electron chi connectivity index (χ3n) is 4.00. The molecular weight excluding hydrogens is 272 g/mol. The molecular formula is C16H25ClN2O. The predicted molar refractivity (Wildman–Crippen MR) is 86.4 cm³/mol. The van der Waals surface area contributed by atoms with Crippen molar-refractivity contribution in [1.29, 1.82) is 0 Å². The number of nitrogen functional groups attached to an aromatic ring is 1. The van der Waals surface area contributed by atoms with Crippen molar-refractivity contribution in [2.24, 2.45) is 0 Å². The quantitative estimate of drug-likeness (QED) is 0.863. The highest BCUT2D eigenvalue weighted by Crippen LogP contribution is 2.24. The number of halogens is 1. The number of anilines is 1. The van der Waals surface area contributed by atoms with Gasteiger partial charge in [-0.25, -0.2) is 0 Å². The molecule has 1 aliphatic rings. The van der Waals surface area contributed by atoms with Crippen LogP contribution in [0.3, 0.4) is 0 Å². The standard InChI is InChI=1S/C16H24N2O.ClH/c1-3-6-14-7-4-5-10-18(14)16(19)15-11-13(17)9-8-12(15)2;/h8-9,11,14H,3-7,10,17H2,1-2H3;1H. The first kappa shape index (κ1) is 16.8. The number of hydrogen-bond donors (Lipinski definition) is 1. The number of hydrogen-bond acceptors (Lipinski definition) is 2. The fourth-order valence-corrected chi connectivity index (χ4v) is 2.93. The molecule has 0 spiro atoms. The molecule has 1 atom stereocenters. The van der Waals surface area contributed by atoms with E-state index in [0.717, 1.165) is 43.4 Å². The predicted octanol–water partition coefficient (Wildman–Crippen LogP) is 3.79. The molecule has 1 aromatic rings. The summed E-state index contributed by atoms with van der Waals surface area (Å²) in [4.78, 5) is 14.8. The monoisotopic (exact) mass is 296 g/mol. The number of benzene rings is 1. The molecule has 2 N–H and O–H groups in total. The number of aryl methyl sites for hydroxylation is 1. The second kappa shape index (κ2) is 7.53. The Labute approximate surface area is 127 Å². The van der Waals surface area contributed by atoms with Gasteiger partial charge >= 0.3 is 0 Å². The zero-order valence-corrected chi connectivity index (χ0v) is 13.2. The van der Waals surface area contributed by atoms with Gasteiger partial charge in [-0.1, -0.05) is 19.4 Å². The number of carbonyl (C=O) groups excluding carboxylic acids is 1. The Balaban J connectivity index is 0.00000200. The van der Waals surface area contributed by atoms with Crippen LogP contribution in [0.15, 0.2) is 18.2 Å². The molecule has 20 heavy (non-hydrogen) atoms. The van der Waals surface area contributed by atoms with Crippen molar-refractivity contribution in [1.82, 2.24) is 4.90 Å². The Morgan fingerprint density at radius 2 is 2.15 bits per heavy atom. The van der Waals surface area contributed by atoms with Gasteiger partial charge in [0.05, 0.1) is 0 Å². The Morgan fingerprint density at radius 1 is 1.40 bits per heavy atom. The Bertz CT molecular complexity index is 460. The lowest BCUT2D eigenvalue weighted by Crippen LogP contribution is -2.43. The lowest BCUT2D eigenvalue weighted by Gasteiger charge is -2.36. The molecule has 1 amide bonds. The van der Waals surface area contributed by atoms with Crippen LogP contribution in [-0.2, 0) is 0 Å². The van der Waals surface area contributed by atoms with Crippen molar-refractivity contribution < 1.29 is 4.79 Å². The van der Waals surface area contributed by atoms with Crippen molar-refractivity contribution in [3.05, 3.63) is 29.3 Å². The summed E-state index contributed by atoms with van der Waals surface area (Å²) in [5.41, 5.74) is 8.26. The normalized spacial score (nSPS) is 18.5. The van der Waals surface area contributed by atoms with E-state index in [1.165, 1.54) is 6.42 Å². The van der Waals surface area contributed by atoms with E-state index in [2.05, 4.69) is 11.8 Å². The summed E-state index contributed by atoms with van der Waals surface area (Å²) < 4.78 is 0. The zero-order valence-electron chi connectivity index (χ0n) is 12.4. The third kappa shape index (κ3) is 3.66. The second-order valence-electron chi connectivity index (χ2n) is 5.51.